The first-order chi connectivity index (χ1) is 9.18. The molecule has 1 heterocycles. The summed E-state index contributed by atoms with van der Waals surface area (Å²) in [6.45, 7) is 9.39. The number of hydrogen-bond donors (Lipinski definition) is 0. The van der Waals surface area contributed by atoms with Gasteiger partial charge in [0.1, 0.15) is 5.82 Å². The molecule has 0 N–H and O–H groups in total. The van der Waals surface area contributed by atoms with Crippen LogP contribution in [0.1, 0.15) is 40.2 Å². The zero-order valence-corrected chi connectivity index (χ0v) is 13.1. The van der Waals surface area contributed by atoms with Gasteiger partial charge >= 0.3 is 7.12 Å². The highest BCUT2D eigenvalue weighted by Crippen LogP contribution is 2.37. The smallest absolute Gasteiger partial charge is 0.399 e. The molecule has 1 saturated heterocycles. The Balaban J connectivity index is 2.46. The summed E-state index contributed by atoms with van der Waals surface area (Å²) in [6.07, 6.45) is 0. The average molecular weight is 295 g/mol. The van der Waals surface area contributed by atoms with Crippen LogP contribution in [-0.2, 0) is 9.31 Å². The summed E-state index contributed by atoms with van der Waals surface area (Å²) in [5, 5.41) is 0.0231. The van der Waals surface area contributed by atoms with Gasteiger partial charge in [-0.25, -0.2) is 4.39 Å². The van der Waals surface area contributed by atoms with E-state index in [0.29, 0.717) is 5.56 Å². The first-order valence-electron chi connectivity index (χ1n) is 6.45. The summed E-state index contributed by atoms with van der Waals surface area (Å²) >= 11 is 5.92. The molecule has 0 radical (unpaired) electrons. The Morgan fingerprint density at radius 3 is 2.20 bits per heavy atom. The van der Waals surface area contributed by atoms with Crippen molar-refractivity contribution in [1.82, 2.24) is 0 Å². The van der Waals surface area contributed by atoms with Gasteiger partial charge in [-0.1, -0.05) is 17.5 Å². The van der Waals surface area contributed by atoms with E-state index in [1.807, 2.05) is 27.7 Å². The lowest BCUT2D eigenvalue weighted by Crippen LogP contribution is -2.41. The van der Waals surface area contributed by atoms with E-state index in [0.717, 1.165) is 0 Å². The molecule has 5 heteroatoms. The third kappa shape index (κ3) is 2.58. The molecule has 0 atom stereocenters. The Kier molecular flexibility index (Phi) is 3.90. The van der Waals surface area contributed by atoms with Gasteiger partial charge in [0.25, 0.3) is 0 Å². The fraction of sp³-hybridized carbons (Fsp3) is 0.467. The molecular weight excluding hydrogens is 277 g/mol. The molecule has 0 saturated carbocycles. The largest absolute Gasteiger partial charge is 0.497 e. The summed E-state index contributed by atoms with van der Waals surface area (Å²) in [6, 6.07) is 3.13. The normalized spacial score (nSPS) is 19.6. The molecule has 0 spiro atoms. The van der Waals surface area contributed by atoms with Crippen molar-refractivity contribution in [2.24, 2.45) is 0 Å². The molecule has 20 heavy (non-hydrogen) atoms. The van der Waals surface area contributed by atoms with E-state index in [-0.39, 0.29) is 10.5 Å². The Hall–Kier alpha value is -1.02. The molecule has 0 aliphatic carbocycles. The van der Waals surface area contributed by atoms with E-state index >= 15 is 0 Å². The van der Waals surface area contributed by atoms with Crippen LogP contribution in [0.4, 0.5) is 4.39 Å². The molecule has 106 valence electrons. The Bertz CT molecular complexity index is 586. The highest BCUT2D eigenvalue weighted by molar-refractivity contribution is 6.62. The highest BCUT2D eigenvalue weighted by Gasteiger charge is 2.52. The van der Waals surface area contributed by atoms with Gasteiger partial charge in [-0.2, -0.15) is 0 Å². The maximum Gasteiger partial charge on any atom is 0.497 e. The minimum atomic E-state index is -0.781. The summed E-state index contributed by atoms with van der Waals surface area (Å²) in [4.78, 5) is 0. The lowest BCUT2D eigenvalue weighted by molar-refractivity contribution is 0.00578. The molecule has 0 unspecified atom stereocenters. The maximum absolute atomic E-state index is 14.2. The van der Waals surface area contributed by atoms with Crippen LogP contribution in [0, 0.1) is 17.7 Å². The van der Waals surface area contributed by atoms with Gasteiger partial charge in [0.15, 0.2) is 0 Å². The van der Waals surface area contributed by atoms with Gasteiger partial charge in [0, 0.05) is 11.0 Å². The van der Waals surface area contributed by atoms with Gasteiger partial charge in [0.05, 0.1) is 16.2 Å². The topological polar surface area (TPSA) is 18.5 Å². The van der Waals surface area contributed by atoms with Crippen molar-refractivity contribution in [3.05, 3.63) is 28.5 Å². The molecule has 1 aromatic carbocycles. The molecule has 1 aromatic rings. The van der Waals surface area contributed by atoms with Crippen molar-refractivity contribution >= 4 is 24.2 Å². The van der Waals surface area contributed by atoms with Crippen LogP contribution in [0.15, 0.2) is 12.1 Å². The van der Waals surface area contributed by atoms with Gasteiger partial charge in [-0.05, 0) is 46.8 Å². The Labute approximate surface area is 124 Å². The van der Waals surface area contributed by atoms with E-state index in [2.05, 4.69) is 11.8 Å². The first kappa shape index (κ1) is 15.4. The van der Waals surface area contributed by atoms with Crippen molar-refractivity contribution in [3.8, 4) is 11.8 Å². The quantitative estimate of drug-likeness (QED) is 0.585. The first-order valence-corrected chi connectivity index (χ1v) is 6.83. The van der Waals surface area contributed by atoms with Crippen molar-refractivity contribution in [3.63, 3.8) is 0 Å². The van der Waals surface area contributed by atoms with Crippen LogP contribution in [0.25, 0.3) is 0 Å². The van der Waals surface area contributed by atoms with E-state index < -0.39 is 24.1 Å². The minimum absolute atomic E-state index is 0.0231. The molecule has 2 rings (SSSR count). The maximum atomic E-state index is 14.2. The second-order valence-electron chi connectivity index (χ2n) is 5.82. The predicted molar refractivity (Wildman–Crippen MR) is 79.7 cm³/mol. The van der Waals surface area contributed by atoms with Gasteiger partial charge in [-0.3, -0.25) is 0 Å². The molecule has 0 amide bonds. The minimum Gasteiger partial charge on any atom is -0.399 e. The SMILES string of the molecule is CC#Cc1cc(Cl)c(F)c(B2OC(C)(C)C(C)(C)O2)c1. The van der Waals surface area contributed by atoms with Crippen LogP contribution in [0.5, 0.6) is 0 Å². The molecule has 1 aliphatic heterocycles. The van der Waals surface area contributed by atoms with Crippen molar-refractivity contribution in [2.75, 3.05) is 0 Å². The Morgan fingerprint density at radius 1 is 1.15 bits per heavy atom. The predicted octanol–water partition coefficient (Wildman–Crippen LogP) is 3.15. The zero-order valence-electron chi connectivity index (χ0n) is 12.3. The van der Waals surface area contributed by atoms with Crippen molar-refractivity contribution in [1.29, 1.82) is 0 Å². The van der Waals surface area contributed by atoms with E-state index in [9.17, 15) is 4.39 Å². The van der Waals surface area contributed by atoms with Crippen LogP contribution in [0.3, 0.4) is 0 Å². The van der Waals surface area contributed by atoms with E-state index in [1.165, 1.54) is 6.07 Å². The number of halogens is 2. The van der Waals surface area contributed by atoms with E-state index in [1.54, 1.807) is 13.0 Å². The third-order valence-electron chi connectivity index (χ3n) is 3.83. The zero-order chi connectivity index (χ0) is 15.1. The molecule has 0 bridgehead atoms. The molecule has 2 nitrogen and oxygen atoms in total. The number of rotatable bonds is 1. The third-order valence-corrected chi connectivity index (χ3v) is 4.11. The molecular formula is C15H17BClFO2. The van der Waals surface area contributed by atoms with Crippen LogP contribution >= 0.6 is 11.6 Å². The van der Waals surface area contributed by atoms with Crippen LogP contribution in [-0.4, -0.2) is 18.3 Å². The standard InChI is InChI=1S/C15H17BClFO2/c1-6-7-10-8-11(13(18)12(17)9-10)16-19-14(2,3)15(4,5)20-16/h8-9H,1-5H3. The fourth-order valence-electron chi connectivity index (χ4n) is 1.97. The second kappa shape index (κ2) is 5.07. The number of hydrogen-bond acceptors (Lipinski definition) is 2. The lowest BCUT2D eigenvalue weighted by atomic mass is 9.78. The van der Waals surface area contributed by atoms with Gasteiger partial charge < -0.3 is 9.31 Å². The van der Waals surface area contributed by atoms with Gasteiger partial charge in [0.2, 0.25) is 0 Å². The highest BCUT2D eigenvalue weighted by atomic mass is 35.5. The average Bonchev–Trinajstić information content (AvgIpc) is 2.53. The lowest BCUT2D eigenvalue weighted by Gasteiger charge is -2.32. The summed E-state index contributed by atoms with van der Waals surface area (Å²) in [5.41, 5.74) is -0.121. The second-order valence-corrected chi connectivity index (χ2v) is 6.23. The number of benzene rings is 1. The fourth-order valence-corrected chi connectivity index (χ4v) is 2.20. The monoisotopic (exact) mass is 294 g/mol. The summed E-state index contributed by atoms with van der Waals surface area (Å²) < 4.78 is 25.9. The van der Waals surface area contributed by atoms with Crippen LogP contribution < -0.4 is 5.46 Å². The summed E-state index contributed by atoms with van der Waals surface area (Å²) in [5.74, 6) is 5.12. The molecule has 0 aromatic heterocycles. The van der Waals surface area contributed by atoms with Crippen molar-refractivity contribution < 1.29 is 13.7 Å². The van der Waals surface area contributed by atoms with E-state index in [4.69, 9.17) is 20.9 Å². The molecule has 1 fully saturated rings. The van der Waals surface area contributed by atoms with Gasteiger partial charge in [-0.15, -0.1) is 5.92 Å². The van der Waals surface area contributed by atoms with Crippen LogP contribution in [0.2, 0.25) is 5.02 Å². The molecule has 1 aliphatic rings. The Morgan fingerprint density at radius 2 is 1.70 bits per heavy atom. The summed E-state index contributed by atoms with van der Waals surface area (Å²) in [7, 11) is -0.781. The van der Waals surface area contributed by atoms with Crippen molar-refractivity contribution in [2.45, 2.75) is 45.8 Å².